The zero-order valence-electron chi connectivity index (χ0n) is 13.9. The van der Waals surface area contributed by atoms with Crippen LogP contribution in [0.2, 0.25) is 0 Å². The molecule has 126 valence electrons. The molecule has 0 spiro atoms. The fourth-order valence-electron chi connectivity index (χ4n) is 3.20. The summed E-state index contributed by atoms with van der Waals surface area (Å²) in [5.74, 6) is 3.04. The summed E-state index contributed by atoms with van der Waals surface area (Å²) in [6.07, 6.45) is 3.32. The van der Waals surface area contributed by atoms with E-state index in [1.807, 2.05) is 24.3 Å². The molecule has 0 radical (unpaired) electrons. The number of rotatable bonds is 4. The molecule has 2 aliphatic rings. The van der Waals surface area contributed by atoms with Crippen LogP contribution in [0.25, 0.3) is 0 Å². The molecule has 1 fully saturated rings. The van der Waals surface area contributed by atoms with Crippen molar-refractivity contribution in [3.8, 4) is 17.4 Å². The van der Waals surface area contributed by atoms with Gasteiger partial charge in [0.15, 0.2) is 0 Å². The minimum atomic E-state index is 0.666. The Balaban J connectivity index is 1.67. The van der Waals surface area contributed by atoms with Crippen molar-refractivity contribution >= 4 is 5.95 Å². The molecule has 0 atom stereocenters. The number of benzene rings is 1. The molecule has 0 saturated carbocycles. The average Bonchev–Trinajstić information content (AvgIpc) is 3.17. The zero-order valence-corrected chi connectivity index (χ0v) is 13.9. The maximum atomic E-state index is 6.10. The van der Waals surface area contributed by atoms with E-state index in [1.165, 1.54) is 12.8 Å². The standard InChI is InChI=1S/C18H22N4O2/c1-23-13-4-6-14(7-5-13)24-17-15-12-19-9-8-16(15)20-18(21-17)22-10-2-3-11-22/h4-7,19H,2-3,8-12H2,1H3. The second kappa shape index (κ2) is 6.65. The molecule has 0 unspecified atom stereocenters. The van der Waals surface area contributed by atoms with Crippen molar-refractivity contribution in [1.29, 1.82) is 0 Å². The Morgan fingerprint density at radius 1 is 1.04 bits per heavy atom. The Morgan fingerprint density at radius 3 is 2.54 bits per heavy atom. The Bertz CT molecular complexity index is 712. The predicted octanol–water partition coefficient (Wildman–Crippen LogP) is 2.52. The Kier molecular flexibility index (Phi) is 4.21. The van der Waals surface area contributed by atoms with E-state index in [4.69, 9.17) is 19.4 Å². The van der Waals surface area contributed by atoms with Gasteiger partial charge in [-0.15, -0.1) is 0 Å². The van der Waals surface area contributed by atoms with Crippen LogP contribution in [0, 0.1) is 0 Å². The first-order valence-electron chi connectivity index (χ1n) is 8.51. The molecule has 0 amide bonds. The van der Waals surface area contributed by atoms with Crippen molar-refractivity contribution < 1.29 is 9.47 Å². The van der Waals surface area contributed by atoms with Gasteiger partial charge in [0, 0.05) is 32.6 Å². The third kappa shape index (κ3) is 3.01. The van der Waals surface area contributed by atoms with E-state index in [1.54, 1.807) is 7.11 Å². The molecule has 24 heavy (non-hydrogen) atoms. The van der Waals surface area contributed by atoms with Gasteiger partial charge >= 0.3 is 0 Å². The minimum absolute atomic E-state index is 0.666. The minimum Gasteiger partial charge on any atom is -0.497 e. The molecule has 2 aliphatic heterocycles. The molecule has 6 heteroatoms. The smallest absolute Gasteiger partial charge is 0.228 e. The fraction of sp³-hybridized carbons (Fsp3) is 0.444. The van der Waals surface area contributed by atoms with E-state index < -0.39 is 0 Å². The van der Waals surface area contributed by atoms with Crippen LogP contribution in [0.4, 0.5) is 5.95 Å². The lowest BCUT2D eigenvalue weighted by atomic mass is 10.1. The normalized spacial score (nSPS) is 16.8. The number of nitrogens with one attached hydrogen (secondary N) is 1. The number of fused-ring (bicyclic) bond motifs is 1. The Hall–Kier alpha value is -2.34. The number of aromatic nitrogens is 2. The molecule has 4 rings (SSSR count). The molecule has 2 aromatic rings. The number of anilines is 1. The maximum absolute atomic E-state index is 6.10. The topological polar surface area (TPSA) is 59.5 Å². The molecule has 1 N–H and O–H groups in total. The lowest BCUT2D eigenvalue weighted by Crippen LogP contribution is -2.28. The molecular weight excluding hydrogens is 304 g/mol. The van der Waals surface area contributed by atoms with Gasteiger partial charge < -0.3 is 19.7 Å². The van der Waals surface area contributed by atoms with Crippen LogP contribution < -0.4 is 19.7 Å². The number of hydrogen-bond acceptors (Lipinski definition) is 6. The summed E-state index contributed by atoms with van der Waals surface area (Å²) < 4.78 is 11.3. The predicted molar refractivity (Wildman–Crippen MR) is 92.0 cm³/mol. The average molecular weight is 326 g/mol. The largest absolute Gasteiger partial charge is 0.497 e. The highest BCUT2D eigenvalue weighted by molar-refractivity contribution is 5.44. The van der Waals surface area contributed by atoms with Gasteiger partial charge in [-0.1, -0.05) is 0 Å². The van der Waals surface area contributed by atoms with E-state index >= 15 is 0 Å². The first-order valence-corrected chi connectivity index (χ1v) is 8.51. The molecule has 1 saturated heterocycles. The first kappa shape index (κ1) is 15.2. The van der Waals surface area contributed by atoms with Crippen molar-refractivity contribution in [3.63, 3.8) is 0 Å². The van der Waals surface area contributed by atoms with Gasteiger partial charge in [-0.2, -0.15) is 4.98 Å². The summed E-state index contributed by atoms with van der Waals surface area (Å²) in [5.41, 5.74) is 2.18. The lowest BCUT2D eigenvalue weighted by molar-refractivity contribution is 0.411. The van der Waals surface area contributed by atoms with E-state index in [0.717, 1.165) is 61.3 Å². The molecule has 0 aliphatic carbocycles. The van der Waals surface area contributed by atoms with Crippen LogP contribution in [0.3, 0.4) is 0 Å². The number of methoxy groups -OCH3 is 1. The summed E-state index contributed by atoms with van der Waals surface area (Å²) in [5, 5.41) is 3.38. The summed E-state index contributed by atoms with van der Waals surface area (Å²) in [6, 6.07) is 7.59. The zero-order chi connectivity index (χ0) is 16.4. The maximum Gasteiger partial charge on any atom is 0.228 e. The Morgan fingerprint density at radius 2 is 1.79 bits per heavy atom. The van der Waals surface area contributed by atoms with Gasteiger partial charge in [0.2, 0.25) is 11.8 Å². The molecule has 6 nitrogen and oxygen atoms in total. The van der Waals surface area contributed by atoms with E-state index in [-0.39, 0.29) is 0 Å². The fourth-order valence-corrected chi connectivity index (χ4v) is 3.20. The first-order chi connectivity index (χ1) is 11.8. The quantitative estimate of drug-likeness (QED) is 0.932. The van der Waals surface area contributed by atoms with Crippen LogP contribution >= 0.6 is 0 Å². The molecule has 1 aromatic carbocycles. The van der Waals surface area contributed by atoms with Gasteiger partial charge in [-0.05, 0) is 37.1 Å². The van der Waals surface area contributed by atoms with E-state index in [0.29, 0.717) is 5.88 Å². The van der Waals surface area contributed by atoms with Gasteiger partial charge in [-0.25, -0.2) is 4.98 Å². The number of hydrogen-bond donors (Lipinski definition) is 1. The molecule has 1 aromatic heterocycles. The van der Waals surface area contributed by atoms with Crippen LogP contribution in [0.1, 0.15) is 24.1 Å². The van der Waals surface area contributed by atoms with Crippen molar-refractivity contribution in [2.24, 2.45) is 0 Å². The lowest BCUT2D eigenvalue weighted by Gasteiger charge is -2.23. The van der Waals surface area contributed by atoms with Gasteiger partial charge in [0.1, 0.15) is 11.5 Å². The van der Waals surface area contributed by atoms with Crippen molar-refractivity contribution in [3.05, 3.63) is 35.5 Å². The molecule has 0 bridgehead atoms. The van der Waals surface area contributed by atoms with E-state index in [2.05, 4.69) is 10.2 Å². The summed E-state index contributed by atoms with van der Waals surface area (Å²) in [7, 11) is 1.66. The number of nitrogens with zero attached hydrogens (tertiary/aromatic N) is 3. The van der Waals surface area contributed by atoms with Gasteiger partial charge in [0.05, 0.1) is 18.4 Å². The van der Waals surface area contributed by atoms with Crippen LogP contribution in [-0.2, 0) is 13.0 Å². The highest BCUT2D eigenvalue weighted by atomic mass is 16.5. The third-order valence-electron chi connectivity index (χ3n) is 4.55. The summed E-state index contributed by atoms with van der Waals surface area (Å²) in [6.45, 7) is 3.75. The van der Waals surface area contributed by atoms with Crippen LogP contribution in [0.15, 0.2) is 24.3 Å². The second-order valence-electron chi connectivity index (χ2n) is 6.15. The highest BCUT2D eigenvalue weighted by Crippen LogP contribution is 2.30. The molecule has 3 heterocycles. The summed E-state index contributed by atoms with van der Waals surface area (Å²) >= 11 is 0. The van der Waals surface area contributed by atoms with Gasteiger partial charge in [0.25, 0.3) is 0 Å². The van der Waals surface area contributed by atoms with Crippen LogP contribution in [0.5, 0.6) is 17.4 Å². The second-order valence-corrected chi connectivity index (χ2v) is 6.15. The van der Waals surface area contributed by atoms with E-state index in [9.17, 15) is 0 Å². The Labute approximate surface area is 141 Å². The van der Waals surface area contributed by atoms with Crippen molar-refractivity contribution in [2.75, 3.05) is 31.6 Å². The molecular formula is C18H22N4O2. The third-order valence-corrected chi connectivity index (χ3v) is 4.55. The summed E-state index contributed by atoms with van der Waals surface area (Å²) in [4.78, 5) is 11.8. The van der Waals surface area contributed by atoms with Crippen LogP contribution in [-0.4, -0.2) is 36.7 Å². The highest BCUT2D eigenvalue weighted by Gasteiger charge is 2.23. The van der Waals surface area contributed by atoms with Gasteiger partial charge in [-0.3, -0.25) is 0 Å². The number of ether oxygens (including phenoxy) is 2. The monoisotopic (exact) mass is 326 g/mol. The van der Waals surface area contributed by atoms with Crippen molar-refractivity contribution in [2.45, 2.75) is 25.8 Å². The van der Waals surface area contributed by atoms with Crippen molar-refractivity contribution in [1.82, 2.24) is 15.3 Å². The SMILES string of the molecule is COc1ccc(Oc2nc(N3CCCC3)nc3c2CNCC3)cc1.